The quantitative estimate of drug-likeness (QED) is 0.786. The lowest BCUT2D eigenvalue weighted by Crippen LogP contribution is -2.04. The van der Waals surface area contributed by atoms with Crippen LogP contribution in [0.5, 0.6) is 5.75 Å². The maximum absolute atomic E-state index is 12.1. The van der Waals surface area contributed by atoms with Gasteiger partial charge in [-0.05, 0) is 36.1 Å². The van der Waals surface area contributed by atoms with Crippen molar-refractivity contribution in [3.05, 3.63) is 51.7 Å². The zero-order valence-electron chi connectivity index (χ0n) is 9.52. The van der Waals surface area contributed by atoms with Crippen molar-refractivity contribution in [2.75, 3.05) is 0 Å². The van der Waals surface area contributed by atoms with Crippen molar-refractivity contribution >= 4 is 17.1 Å². The number of carbonyl (C=O) groups is 1. The van der Waals surface area contributed by atoms with Gasteiger partial charge in [0.05, 0.1) is 4.88 Å². The Morgan fingerprint density at radius 2 is 2.11 bits per heavy atom. The summed E-state index contributed by atoms with van der Waals surface area (Å²) in [6.07, 6.45) is 0. The van der Waals surface area contributed by atoms with E-state index in [4.69, 9.17) is 0 Å². The Balaban J connectivity index is 2.29. The van der Waals surface area contributed by atoms with Gasteiger partial charge in [-0.3, -0.25) is 4.79 Å². The van der Waals surface area contributed by atoms with Crippen molar-refractivity contribution < 1.29 is 18.3 Å². The van der Waals surface area contributed by atoms with Crippen LogP contribution in [0.15, 0.2) is 35.7 Å². The molecule has 0 unspecified atom stereocenters. The van der Waals surface area contributed by atoms with Gasteiger partial charge < -0.3 is 4.74 Å². The van der Waals surface area contributed by atoms with Crippen molar-refractivity contribution in [1.29, 1.82) is 0 Å². The van der Waals surface area contributed by atoms with Gasteiger partial charge in [-0.1, -0.05) is 12.1 Å². The summed E-state index contributed by atoms with van der Waals surface area (Å²) in [7, 11) is 0. The average Bonchev–Trinajstić information content (AvgIpc) is 2.74. The SMILES string of the molecule is Cc1ccsc1C(=O)c1cccc(OC(F)F)c1. The molecule has 0 atom stereocenters. The highest BCUT2D eigenvalue weighted by molar-refractivity contribution is 7.12. The van der Waals surface area contributed by atoms with Crippen LogP contribution in [-0.4, -0.2) is 12.4 Å². The zero-order valence-corrected chi connectivity index (χ0v) is 10.3. The molecule has 0 bridgehead atoms. The molecular weight excluding hydrogens is 258 g/mol. The number of hydrogen-bond donors (Lipinski definition) is 0. The Bertz CT molecular complexity index is 564. The van der Waals surface area contributed by atoms with Crippen LogP contribution in [-0.2, 0) is 0 Å². The monoisotopic (exact) mass is 268 g/mol. The Labute approximate surface area is 107 Å². The van der Waals surface area contributed by atoms with Gasteiger partial charge in [-0.15, -0.1) is 11.3 Å². The summed E-state index contributed by atoms with van der Waals surface area (Å²) < 4.78 is 28.4. The van der Waals surface area contributed by atoms with Crippen molar-refractivity contribution in [1.82, 2.24) is 0 Å². The first-order valence-electron chi connectivity index (χ1n) is 5.21. The predicted octanol–water partition coefficient (Wildman–Crippen LogP) is 3.89. The molecule has 1 aromatic heterocycles. The molecule has 0 spiro atoms. The summed E-state index contributed by atoms with van der Waals surface area (Å²) in [5.74, 6) is -0.188. The Kier molecular flexibility index (Phi) is 3.72. The number of alkyl halides is 2. The van der Waals surface area contributed by atoms with E-state index < -0.39 is 6.61 Å². The van der Waals surface area contributed by atoms with E-state index in [1.54, 1.807) is 6.07 Å². The number of ketones is 1. The minimum absolute atomic E-state index is 0.00920. The molecular formula is C13H10F2O2S. The molecule has 5 heteroatoms. The summed E-state index contributed by atoms with van der Waals surface area (Å²) in [5, 5.41) is 1.82. The van der Waals surface area contributed by atoms with E-state index >= 15 is 0 Å². The van der Waals surface area contributed by atoms with Gasteiger partial charge in [0.1, 0.15) is 5.75 Å². The van der Waals surface area contributed by atoms with Gasteiger partial charge in [-0.25, -0.2) is 0 Å². The summed E-state index contributed by atoms with van der Waals surface area (Å²) >= 11 is 1.33. The largest absolute Gasteiger partial charge is 0.435 e. The Hall–Kier alpha value is -1.75. The molecule has 0 aliphatic carbocycles. The molecule has 18 heavy (non-hydrogen) atoms. The number of halogens is 2. The molecule has 2 aromatic rings. The van der Waals surface area contributed by atoms with E-state index in [1.165, 1.54) is 29.5 Å². The molecule has 0 saturated carbocycles. The molecule has 0 aliphatic rings. The molecule has 1 heterocycles. The molecule has 0 saturated heterocycles. The van der Waals surface area contributed by atoms with Gasteiger partial charge in [0.2, 0.25) is 5.78 Å². The lowest BCUT2D eigenvalue weighted by molar-refractivity contribution is -0.0498. The highest BCUT2D eigenvalue weighted by Gasteiger charge is 2.14. The summed E-state index contributed by atoms with van der Waals surface area (Å²) in [4.78, 5) is 12.7. The maximum Gasteiger partial charge on any atom is 0.387 e. The molecule has 0 N–H and O–H groups in total. The summed E-state index contributed by atoms with van der Waals surface area (Å²) in [6.45, 7) is -1.05. The third-order valence-corrected chi connectivity index (χ3v) is 3.40. The van der Waals surface area contributed by atoms with E-state index in [-0.39, 0.29) is 11.5 Å². The minimum atomic E-state index is -2.89. The molecule has 0 aliphatic heterocycles. The second kappa shape index (κ2) is 5.27. The van der Waals surface area contributed by atoms with Crippen LogP contribution in [0.1, 0.15) is 20.8 Å². The number of ether oxygens (including phenoxy) is 1. The molecule has 0 amide bonds. The number of carbonyl (C=O) groups excluding carboxylic acids is 1. The lowest BCUT2D eigenvalue weighted by atomic mass is 10.1. The van der Waals surface area contributed by atoms with Crippen LogP contribution in [0, 0.1) is 6.92 Å². The first kappa shape index (κ1) is 12.7. The topological polar surface area (TPSA) is 26.3 Å². The van der Waals surface area contributed by atoms with Gasteiger partial charge in [0.25, 0.3) is 0 Å². The van der Waals surface area contributed by atoms with Crippen LogP contribution >= 0.6 is 11.3 Å². The fourth-order valence-electron chi connectivity index (χ4n) is 1.55. The third kappa shape index (κ3) is 2.73. The van der Waals surface area contributed by atoms with E-state index in [1.807, 2.05) is 18.4 Å². The standard InChI is InChI=1S/C13H10F2O2S/c1-8-5-6-18-12(8)11(16)9-3-2-4-10(7-9)17-13(14)15/h2-7,13H,1H3. The number of aryl methyl sites for hydroxylation is 1. The smallest absolute Gasteiger partial charge is 0.387 e. The summed E-state index contributed by atoms with van der Waals surface area (Å²) in [6, 6.07) is 7.67. The highest BCUT2D eigenvalue weighted by Crippen LogP contribution is 2.23. The predicted molar refractivity (Wildman–Crippen MR) is 65.6 cm³/mol. The number of hydrogen-bond acceptors (Lipinski definition) is 3. The number of thiophene rings is 1. The van der Waals surface area contributed by atoms with Gasteiger partial charge >= 0.3 is 6.61 Å². The second-order valence-corrected chi connectivity index (χ2v) is 4.58. The maximum atomic E-state index is 12.1. The number of rotatable bonds is 4. The van der Waals surface area contributed by atoms with Crippen LogP contribution in [0.4, 0.5) is 8.78 Å². The second-order valence-electron chi connectivity index (χ2n) is 3.67. The molecule has 1 aromatic carbocycles. The van der Waals surface area contributed by atoms with E-state index in [0.717, 1.165) is 5.56 Å². The molecule has 0 fully saturated rings. The fraction of sp³-hybridized carbons (Fsp3) is 0.154. The average molecular weight is 268 g/mol. The van der Waals surface area contributed by atoms with Crippen LogP contribution in [0.25, 0.3) is 0 Å². The normalized spacial score (nSPS) is 10.7. The Morgan fingerprint density at radius 3 is 2.72 bits per heavy atom. The van der Waals surface area contributed by atoms with E-state index in [0.29, 0.717) is 10.4 Å². The molecule has 94 valence electrons. The van der Waals surface area contributed by atoms with Crippen molar-refractivity contribution in [2.45, 2.75) is 13.5 Å². The Morgan fingerprint density at radius 1 is 1.33 bits per heavy atom. The lowest BCUT2D eigenvalue weighted by Gasteiger charge is -2.06. The van der Waals surface area contributed by atoms with Crippen molar-refractivity contribution in [2.24, 2.45) is 0 Å². The van der Waals surface area contributed by atoms with Gasteiger partial charge in [0.15, 0.2) is 0 Å². The van der Waals surface area contributed by atoms with E-state index in [9.17, 15) is 13.6 Å². The van der Waals surface area contributed by atoms with Gasteiger partial charge in [0, 0.05) is 5.56 Å². The van der Waals surface area contributed by atoms with Crippen LogP contribution in [0.3, 0.4) is 0 Å². The highest BCUT2D eigenvalue weighted by atomic mass is 32.1. The van der Waals surface area contributed by atoms with Crippen LogP contribution in [0.2, 0.25) is 0 Å². The van der Waals surface area contributed by atoms with E-state index in [2.05, 4.69) is 4.74 Å². The third-order valence-electron chi connectivity index (χ3n) is 2.39. The molecule has 2 rings (SSSR count). The fourth-order valence-corrected chi connectivity index (χ4v) is 2.44. The van der Waals surface area contributed by atoms with Crippen LogP contribution < -0.4 is 4.74 Å². The molecule has 2 nitrogen and oxygen atoms in total. The minimum Gasteiger partial charge on any atom is -0.435 e. The van der Waals surface area contributed by atoms with Crippen molar-refractivity contribution in [3.63, 3.8) is 0 Å². The van der Waals surface area contributed by atoms with Crippen molar-refractivity contribution in [3.8, 4) is 5.75 Å². The first-order chi connectivity index (χ1) is 8.58. The zero-order chi connectivity index (χ0) is 13.1. The number of benzene rings is 1. The first-order valence-corrected chi connectivity index (χ1v) is 6.09. The molecule has 0 radical (unpaired) electrons. The summed E-state index contributed by atoms with van der Waals surface area (Å²) in [5.41, 5.74) is 1.23. The van der Waals surface area contributed by atoms with Gasteiger partial charge in [-0.2, -0.15) is 8.78 Å².